The molecule has 1 saturated carbocycles. The van der Waals surface area contributed by atoms with Crippen LogP contribution in [0.25, 0.3) is 0 Å². The van der Waals surface area contributed by atoms with Crippen LogP contribution in [0.2, 0.25) is 0 Å². The Morgan fingerprint density at radius 2 is 2.12 bits per heavy atom. The van der Waals surface area contributed by atoms with Crippen molar-refractivity contribution in [3.8, 4) is 5.75 Å². The lowest BCUT2D eigenvalue weighted by Crippen LogP contribution is -2.54. The van der Waals surface area contributed by atoms with Crippen LogP contribution in [0, 0.1) is 5.92 Å². The summed E-state index contributed by atoms with van der Waals surface area (Å²) >= 11 is 0. The maximum absolute atomic E-state index is 12.9. The predicted molar refractivity (Wildman–Crippen MR) is 96.8 cm³/mol. The van der Waals surface area contributed by atoms with Gasteiger partial charge in [-0.1, -0.05) is 31.9 Å². The predicted octanol–water partition coefficient (Wildman–Crippen LogP) is 2.52. The summed E-state index contributed by atoms with van der Waals surface area (Å²) in [6, 6.07) is 6.58. The fourth-order valence-corrected chi connectivity index (χ4v) is 3.82. The zero-order valence-electron chi connectivity index (χ0n) is 15.2. The van der Waals surface area contributed by atoms with E-state index in [9.17, 15) is 14.4 Å². The molecule has 140 valence electrons. The van der Waals surface area contributed by atoms with Gasteiger partial charge >= 0.3 is 6.03 Å². The van der Waals surface area contributed by atoms with Gasteiger partial charge in [0.1, 0.15) is 17.8 Å². The standard InChI is InChI=1S/C19H25N3O4/c1-3-26-15-10-5-4-9-14(15)20-16(23)12-22-17(24)19(21-18(22)25)11-7-6-8-13(19)2/h4-5,9-10,13H,3,6-8,11-12H2,1-2H3,(H,20,23)(H,21,25)/t13-,19-/m1/s1. The fourth-order valence-electron chi connectivity index (χ4n) is 3.82. The summed E-state index contributed by atoms with van der Waals surface area (Å²) in [5.74, 6) is -0.0959. The molecule has 2 N–H and O–H groups in total. The molecule has 7 nitrogen and oxygen atoms in total. The summed E-state index contributed by atoms with van der Waals surface area (Å²) in [7, 11) is 0. The highest BCUT2D eigenvalue weighted by Crippen LogP contribution is 2.38. The number of carbonyl (C=O) groups is 3. The highest BCUT2D eigenvalue weighted by atomic mass is 16.5. The number of rotatable bonds is 5. The number of nitrogens with one attached hydrogen (secondary N) is 2. The smallest absolute Gasteiger partial charge is 0.325 e. The molecule has 2 atom stereocenters. The third-order valence-electron chi connectivity index (χ3n) is 5.26. The molecule has 1 saturated heterocycles. The molecule has 1 aliphatic carbocycles. The zero-order valence-corrected chi connectivity index (χ0v) is 15.2. The SMILES string of the molecule is CCOc1ccccc1NC(=O)CN1C(=O)N[C@@]2(CCCC[C@H]2C)C1=O. The molecule has 2 fully saturated rings. The number of nitrogens with zero attached hydrogens (tertiary/aromatic N) is 1. The maximum Gasteiger partial charge on any atom is 0.325 e. The van der Waals surface area contributed by atoms with Gasteiger partial charge in [0.2, 0.25) is 5.91 Å². The summed E-state index contributed by atoms with van der Waals surface area (Å²) < 4.78 is 5.48. The number of urea groups is 1. The molecule has 7 heteroatoms. The van der Waals surface area contributed by atoms with E-state index >= 15 is 0 Å². The van der Waals surface area contributed by atoms with E-state index in [4.69, 9.17) is 4.74 Å². The number of anilines is 1. The lowest BCUT2D eigenvalue weighted by atomic mass is 9.73. The van der Waals surface area contributed by atoms with Gasteiger partial charge in [-0.25, -0.2) is 4.79 Å². The van der Waals surface area contributed by atoms with Crippen LogP contribution >= 0.6 is 0 Å². The van der Waals surface area contributed by atoms with Crippen molar-refractivity contribution >= 4 is 23.5 Å². The molecule has 3 rings (SSSR count). The molecule has 0 aromatic heterocycles. The van der Waals surface area contributed by atoms with Crippen LogP contribution in [0.5, 0.6) is 5.75 Å². The number of carbonyl (C=O) groups excluding carboxylic acids is 3. The van der Waals surface area contributed by atoms with E-state index in [2.05, 4.69) is 10.6 Å². The molecule has 1 spiro atoms. The van der Waals surface area contributed by atoms with E-state index in [1.807, 2.05) is 19.9 Å². The fraction of sp³-hybridized carbons (Fsp3) is 0.526. The third kappa shape index (κ3) is 3.25. The molecule has 1 aromatic rings. The van der Waals surface area contributed by atoms with E-state index in [0.717, 1.165) is 24.2 Å². The molecule has 0 bridgehead atoms. The Kier molecular flexibility index (Phi) is 5.15. The number of hydrogen-bond acceptors (Lipinski definition) is 4. The lowest BCUT2D eigenvalue weighted by molar-refractivity contribution is -0.136. The number of amides is 4. The van der Waals surface area contributed by atoms with Gasteiger partial charge in [0.05, 0.1) is 12.3 Å². The first-order valence-electron chi connectivity index (χ1n) is 9.13. The minimum absolute atomic E-state index is 0.0689. The summed E-state index contributed by atoms with van der Waals surface area (Å²) in [5.41, 5.74) is -0.328. The third-order valence-corrected chi connectivity index (χ3v) is 5.26. The molecule has 1 aromatic carbocycles. The first-order chi connectivity index (χ1) is 12.5. The van der Waals surface area contributed by atoms with Gasteiger partial charge in [-0.15, -0.1) is 0 Å². The molecular weight excluding hydrogens is 334 g/mol. The maximum atomic E-state index is 12.9. The number of imide groups is 1. The van der Waals surface area contributed by atoms with Gasteiger partial charge in [0.15, 0.2) is 0 Å². The first-order valence-corrected chi connectivity index (χ1v) is 9.13. The summed E-state index contributed by atoms with van der Waals surface area (Å²) in [5, 5.41) is 5.58. The molecule has 2 aliphatic rings. The number of ether oxygens (including phenoxy) is 1. The zero-order chi connectivity index (χ0) is 18.7. The van der Waals surface area contributed by atoms with Gasteiger partial charge in [-0.05, 0) is 37.8 Å². The lowest BCUT2D eigenvalue weighted by Gasteiger charge is -2.36. The second-order valence-corrected chi connectivity index (χ2v) is 6.92. The van der Waals surface area contributed by atoms with Crippen molar-refractivity contribution in [3.05, 3.63) is 24.3 Å². The van der Waals surface area contributed by atoms with Crippen molar-refractivity contribution in [2.45, 2.75) is 45.1 Å². The molecule has 0 unspecified atom stereocenters. The van der Waals surface area contributed by atoms with E-state index in [1.54, 1.807) is 18.2 Å². The van der Waals surface area contributed by atoms with Crippen LogP contribution in [-0.4, -0.2) is 41.4 Å². The van der Waals surface area contributed by atoms with Gasteiger partial charge in [-0.2, -0.15) is 0 Å². The second kappa shape index (κ2) is 7.35. The molecular formula is C19H25N3O4. The van der Waals surface area contributed by atoms with Gasteiger partial charge < -0.3 is 15.4 Å². The van der Waals surface area contributed by atoms with Crippen LogP contribution in [0.1, 0.15) is 39.5 Å². The van der Waals surface area contributed by atoms with Gasteiger partial charge in [0.25, 0.3) is 5.91 Å². The Labute approximate surface area is 153 Å². The van der Waals surface area contributed by atoms with Crippen molar-refractivity contribution in [1.82, 2.24) is 10.2 Å². The molecule has 26 heavy (non-hydrogen) atoms. The Morgan fingerprint density at radius 1 is 1.35 bits per heavy atom. The Morgan fingerprint density at radius 3 is 2.85 bits per heavy atom. The average Bonchev–Trinajstić information content (AvgIpc) is 2.85. The van der Waals surface area contributed by atoms with E-state index < -0.39 is 17.5 Å². The van der Waals surface area contributed by atoms with E-state index in [1.165, 1.54) is 0 Å². The average molecular weight is 359 g/mol. The van der Waals surface area contributed by atoms with Crippen LogP contribution in [0.3, 0.4) is 0 Å². The van der Waals surface area contributed by atoms with Gasteiger partial charge in [-0.3, -0.25) is 14.5 Å². The Hall–Kier alpha value is -2.57. The van der Waals surface area contributed by atoms with Crippen LogP contribution in [0.15, 0.2) is 24.3 Å². The normalized spacial score (nSPS) is 25.3. The number of para-hydroxylation sites is 2. The first kappa shape index (κ1) is 18.2. The van der Waals surface area contributed by atoms with Crippen LogP contribution in [-0.2, 0) is 9.59 Å². The van der Waals surface area contributed by atoms with Crippen molar-refractivity contribution in [2.24, 2.45) is 5.92 Å². The van der Waals surface area contributed by atoms with Crippen molar-refractivity contribution in [2.75, 3.05) is 18.5 Å². The van der Waals surface area contributed by atoms with Crippen molar-refractivity contribution in [3.63, 3.8) is 0 Å². The van der Waals surface area contributed by atoms with Gasteiger partial charge in [0, 0.05) is 0 Å². The quantitative estimate of drug-likeness (QED) is 0.791. The van der Waals surface area contributed by atoms with Crippen molar-refractivity contribution < 1.29 is 19.1 Å². The minimum atomic E-state index is -0.848. The Balaban J connectivity index is 1.70. The largest absolute Gasteiger partial charge is 0.492 e. The number of hydrogen-bond donors (Lipinski definition) is 2. The summed E-state index contributed by atoms with van der Waals surface area (Å²) in [6.07, 6.45) is 3.48. The topological polar surface area (TPSA) is 87.7 Å². The molecule has 4 amide bonds. The second-order valence-electron chi connectivity index (χ2n) is 6.92. The monoisotopic (exact) mass is 359 g/mol. The van der Waals surface area contributed by atoms with Crippen LogP contribution < -0.4 is 15.4 Å². The van der Waals surface area contributed by atoms with Crippen molar-refractivity contribution in [1.29, 1.82) is 0 Å². The Bertz CT molecular complexity index is 720. The van der Waals surface area contributed by atoms with Crippen LogP contribution in [0.4, 0.5) is 10.5 Å². The number of benzene rings is 1. The van der Waals surface area contributed by atoms with E-state index in [-0.39, 0.29) is 18.4 Å². The summed E-state index contributed by atoms with van der Waals surface area (Å²) in [6.45, 7) is 4.01. The minimum Gasteiger partial charge on any atom is -0.492 e. The highest BCUT2D eigenvalue weighted by Gasteiger charge is 2.55. The summed E-state index contributed by atoms with van der Waals surface area (Å²) in [4.78, 5) is 38.7. The molecule has 1 heterocycles. The van der Waals surface area contributed by atoms with E-state index in [0.29, 0.717) is 24.5 Å². The molecule has 1 aliphatic heterocycles. The molecule has 0 radical (unpaired) electrons. The highest BCUT2D eigenvalue weighted by molar-refractivity contribution is 6.10.